The molecule has 0 aliphatic carbocycles. The van der Waals surface area contributed by atoms with Gasteiger partial charge < -0.3 is 10.2 Å². The minimum absolute atomic E-state index is 0.166. The molecule has 5 nitrogen and oxygen atoms in total. The van der Waals surface area contributed by atoms with Gasteiger partial charge in [-0.05, 0) is 13.0 Å². The minimum atomic E-state index is -4.50. The van der Waals surface area contributed by atoms with Gasteiger partial charge in [0.15, 0.2) is 0 Å². The van der Waals surface area contributed by atoms with Gasteiger partial charge >= 0.3 is 6.18 Å². The maximum atomic E-state index is 12.7. The Kier molecular flexibility index (Phi) is 3.75. The zero-order valence-electron chi connectivity index (χ0n) is 11.8. The average Bonchev–Trinajstić information content (AvgIpc) is 2.46. The first-order valence-corrected chi connectivity index (χ1v) is 7.08. The minimum Gasteiger partial charge on any atom is -0.351 e. The predicted molar refractivity (Wildman–Crippen MR) is 72.1 cm³/mol. The molecule has 1 N–H and O–H groups in total. The number of halogens is 3. The number of alkyl halides is 3. The molecule has 2 fully saturated rings. The van der Waals surface area contributed by atoms with Crippen LogP contribution in [0.25, 0.3) is 0 Å². The number of nitrogens with zero attached hydrogens (tertiary/aromatic N) is 4. The Balaban J connectivity index is 1.69. The summed E-state index contributed by atoms with van der Waals surface area (Å²) in [4.78, 5) is 11.3. The monoisotopic (exact) mass is 301 g/mol. The first kappa shape index (κ1) is 14.5. The van der Waals surface area contributed by atoms with E-state index >= 15 is 0 Å². The molecular formula is C13H18F3N5. The van der Waals surface area contributed by atoms with Crippen LogP contribution in [0.3, 0.4) is 0 Å². The van der Waals surface area contributed by atoms with E-state index in [0.717, 1.165) is 32.7 Å². The molecule has 1 aromatic heterocycles. The summed E-state index contributed by atoms with van der Waals surface area (Å²) in [6, 6.07) is 2.09. The van der Waals surface area contributed by atoms with Crippen molar-refractivity contribution in [1.29, 1.82) is 0 Å². The van der Waals surface area contributed by atoms with Crippen molar-refractivity contribution in [3.8, 4) is 0 Å². The average molecular weight is 301 g/mol. The summed E-state index contributed by atoms with van der Waals surface area (Å²) < 4.78 is 38.0. The van der Waals surface area contributed by atoms with E-state index in [-0.39, 0.29) is 6.04 Å². The van der Waals surface area contributed by atoms with Crippen LogP contribution in [-0.4, -0.2) is 59.7 Å². The van der Waals surface area contributed by atoms with Crippen molar-refractivity contribution < 1.29 is 13.2 Å². The molecule has 2 aliphatic rings. The summed E-state index contributed by atoms with van der Waals surface area (Å²) in [5, 5.41) is 3.30. The van der Waals surface area contributed by atoms with Crippen molar-refractivity contribution in [2.45, 2.75) is 25.2 Å². The van der Waals surface area contributed by atoms with Gasteiger partial charge in [-0.1, -0.05) is 0 Å². The Morgan fingerprint density at radius 1 is 1.29 bits per heavy atom. The molecule has 8 heteroatoms. The van der Waals surface area contributed by atoms with Gasteiger partial charge in [0.05, 0.1) is 0 Å². The largest absolute Gasteiger partial charge is 0.451 e. The van der Waals surface area contributed by atoms with Crippen LogP contribution >= 0.6 is 0 Å². The van der Waals surface area contributed by atoms with Crippen LogP contribution in [0.1, 0.15) is 12.7 Å². The van der Waals surface area contributed by atoms with Gasteiger partial charge in [0, 0.05) is 51.0 Å². The summed E-state index contributed by atoms with van der Waals surface area (Å²) in [7, 11) is 0. The second-order valence-corrected chi connectivity index (χ2v) is 5.48. The Hall–Kier alpha value is -1.41. The number of rotatable bonds is 2. The Bertz CT molecular complexity index is 501. The summed E-state index contributed by atoms with van der Waals surface area (Å²) >= 11 is 0. The Morgan fingerprint density at radius 2 is 2.00 bits per heavy atom. The van der Waals surface area contributed by atoms with Crippen molar-refractivity contribution in [1.82, 2.24) is 20.2 Å². The summed E-state index contributed by atoms with van der Waals surface area (Å²) in [5.74, 6) is -0.714. The summed E-state index contributed by atoms with van der Waals surface area (Å²) in [5.41, 5.74) is 0. The Morgan fingerprint density at radius 3 is 2.62 bits per heavy atom. The molecule has 3 heterocycles. The van der Waals surface area contributed by atoms with Crippen LogP contribution in [0.2, 0.25) is 0 Å². The van der Waals surface area contributed by atoms with Crippen LogP contribution in [0.15, 0.2) is 12.3 Å². The van der Waals surface area contributed by atoms with Gasteiger partial charge in [-0.2, -0.15) is 13.2 Å². The van der Waals surface area contributed by atoms with Crippen LogP contribution in [0.5, 0.6) is 0 Å². The zero-order chi connectivity index (χ0) is 15.0. The second-order valence-electron chi connectivity index (χ2n) is 5.48. The Labute approximate surface area is 121 Å². The van der Waals surface area contributed by atoms with Crippen molar-refractivity contribution in [2.24, 2.45) is 0 Å². The molecule has 2 atom stereocenters. The smallest absolute Gasteiger partial charge is 0.351 e. The third-order valence-electron chi connectivity index (χ3n) is 4.24. The first-order valence-electron chi connectivity index (χ1n) is 7.08. The van der Waals surface area contributed by atoms with E-state index < -0.39 is 12.0 Å². The van der Waals surface area contributed by atoms with E-state index in [9.17, 15) is 13.2 Å². The van der Waals surface area contributed by atoms with Crippen molar-refractivity contribution in [2.75, 3.05) is 37.6 Å². The zero-order valence-corrected chi connectivity index (χ0v) is 11.8. The van der Waals surface area contributed by atoms with Crippen LogP contribution in [0, 0.1) is 0 Å². The van der Waals surface area contributed by atoms with Gasteiger partial charge in [-0.25, -0.2) is 9.97 Å². The first-order chi connectivity index (χ1) is 9.97. The molecule has 1 aromatic rings. The fraction of sp³-hybridized carbons (Fsp3) is 0.692. The van der Waals surface area contributed by atoms with Crippen molar-refractivity contribution in [3.05, 3.63) is 18.1 Å². The standard InChI is InChI=1S/C13H18F3N5/c1-9-10(20-6-4-17-5-7-20)8-21(9)11-2-3-18-12(19-11)13(14,15)16/h2-3,9-10,17H,4-8H2,1H3/t9-,10-/m1/s1. The van der Waals surface area contributed by atoms with Crippen molar-refractivity contribution >= 4 is 5.82 Å². The SMILES string of the molecule is C[C@@H]1[C@H](N2CCNCC2)CN1c1ccnc(C(F)(F)F)n1. The van der Waals surface area contributed by atoms with Crippen LogP contribution in [0.4, 0.5) is 19.0 Å². The van der Waals surface area contributed by atoms with Gasteiger partial charge in [0.1, 0.15) is 5.82 Å². The number of piperazine rings is 1. The molecular weight excluding hydrogens is 283 g/mol. The van der Waals surface area contributed by atoms with E-state index in [1.807, 2.05) is 11.8 Å². The topological polar surface area (TPSA) is 44.3 Å². The number of hydrogen-bond donors (Lipinski definition) is 1. The van der Waals surface area contributed by atoms with E-state index in [1.165, 1.54) is 6.20 Å². The molecule has 116 valence electrons. The van der Waals surface area contributed by atoms with E-state index in [1.54, 1.807) is 6.07 Å². The highest BCUT2D eigenvalue weighted by Gasteiger charge is 2.41. The molecule has 0 amide bonds. The number of aromatic nitrogens is 2. The second kappa shape index (κ2) is 5.42. The molecule has 21 heavy (non-hydrogen) atoms. The van der Waals surface area contributed by atoms with Gasteiger partial charge in [0.25, 0.3) is 0 Å². The number of hydrogen-bond acceptors (Lipinski definition) is 5. The van der Waals surface area contributed by atoms with E-state index in [4.69, 9.17) is 0 Å². The summed E-state index contributed by atoms with van der Waals surface area (Å²) in [6.45, 7) is 6.66. The molecule has 0 saturated carbocycles. The van der Waals surface area contributed by atoms with Crippen LogP contribution < -0.4 is 10.2 Å². The highest BCUT2D eigenvalue weighted by atomic mass is 19.4. The van der Waals surface area contributed by atoms with Gasteiger partial charge in [-0.3, -0.25) is 4.90 Å². The lowest BCUT2D eigenvalue weighted by molar-refractivity contribution is -0.144. The number of nitrogens with one attached hydrogen (secondary N) is 1. The predicted octanol–water partition coefficient (Wildman–Crippen LogP) is 0.978. The number of anilines is 1. The molecule has 3 rings (SSSR count). The van der Waals surface area contributed by atoms with Crippen LogP contribution in [-0.2, 0) is 6.18 Å². The molecule has 0 radical (unpaired) electrons. The van der Waals surface area contributed by atoms with E-state index in [2.05, 4.69) is 20.2 Å². The summed E-state index contributed by atoms with van der Waals surface area (Å²) in [6.07, 6.45) is -3.32. The third-order valence-corrected chi connectivity index (χ3v) is 4.24. The fourth-order valence-electron chi connectivity index (χ4n) is 2.97. The highest BCUT2D eigenvalue weighted by Crippen LogP contribution is 2.31. The quantitative estimate of drug-likeness (QED) is 0.882. The molecule has 0 aromatic carbocycles. The van der Waals surface area contributed by atoms with Gasteiger partial charge in [-0.15, -0.1) is 0 Å². The third kappa shape index (κ3) is 2.82. The molecule has 2 saturated heterocycles. The molecule has 0 spiro atoms. The van der Waals surface area contributed by atoms with Gasteiger partial charge in [0.2, 0.25) is 5.82 Å². The normalized spacial score (nSPS) is 27.5. The fourth-order valence-corrected chi connectivity index (χ4v) is 2.97. The maximum Gasteiger partial charge on any atom is 0.451 e. The molecule has 0 bridgehead atoms. The maximum absolute atomic E-state index is 12.7. The lowest BCUT2D eigenvalue weighted by atomic mass is 9.95. The highest BCUT2D eigenvalue weighted by molar-refractivity contribution is 5.44. The van der Waals surface area contributed by atoms with E-state index in [0.29, 0.717) is 11.9 Å². The lowest BCUT2D eigenvalue weighted by Crippen LogP contribution is -2.68. The molecule has 0 unspecified atom stereocenters. The van der Waals surface area contributed by atoms with Crippen molar-refractivity contribution in [3.63, 3.8) is 0 Å². The molecule has 2 aliphatic heterocycles. The lowest BCUT2D eigenvalue weighted by Gasteiger charge is -2.52.